The number of anilines is 1. The number of allylic oxidation sites excluding steroid dienone is 1. The summed E-state index contributed by atoms with van der Waals surface area (Å²) in [6.45, 7) is 1.84. The fourth-order valence-corrected chi connectivity index (χ4v) is 5.06. The molecule has 1 aliphatic rings. The van der Waals surface area contributed by atoms with Crippen molar-refractivity contribution < 1.29 is 31.1 Å². The smallest absolute Gasteiger partial charge is 0.406 e. The largest absolute Gasteiger partial charge is 0.573 e. The number of alkyl halides is 6. The molecule has 0 aromatic heterocycles. The third-order valence-electron chi connectivity index (χ3n) is 3.18. The fourth-order valence-electron chi connectivity index (χ4n) is 2.29. The highest BCUT2D eigenvalue weighted by Crippen LogP contribution is 2.49. The molecular weight excluding hydrogens is 504 g/mol. The Kier molecular flexibility index (Phi) is 6.31. The van der Waals surface area contributed by atoms with E-state index in [9.17, 15) is 26.3 Å². The molecule has 25 heavy (non-hydrogen) atoms. The summed E-state index contributed by atoms with van der Waals surface area (Å²) in [6, 6.07) is 1.99. The number of thioether (sulfide) groups is 1. The quantitative estimate of drug-likeness (QED) is 0.394. The monoisotopic (exact) mass is 513 g/mol. The van der Waals surface area contributed by atoms with Crippen LogP contribution in [0.15, 0.2) is 32.2 Å². The van der Waals surface area contributed by atoms with E-state index in [2.05, 4.69) is 36.6 Å². The number of ether oxygens (including phenoxy) is 1. The third kappa shape index (κ3) is 5.00. The van der Waals surface area contributed by atoms with E-state index < -0.39 is 29.4 Å². The summed E-state index contributed by atoms with van der Waals surface area (Å²) >= 11 is 7.16. The molecule has 0 amide bonds. The molecule has 0 saturated heterocycles. The van der Waals surface area contributed by atoms with Gasteiger partial charge in [0.1, 0.15) is 11.4 Å². The van der Waals surface area contributed by atoms with Crippen LogP contribution in [0.2, 0.25) is 0 Å². The standard InChI is InChI=1S/C14H11Br2F6NOS/c1-2-3-11-23(10(6-25-11)13(17,18)19)12-8(15)4-7(5-9(12)16)24-14(20,21)22/h4-6,11H,2-3H2,1H3. The van der Waals surface area contributed by atoms with Crippen LogP contribution in [-0.4, -0.2) is 17.9 Å². The molecule has 0 aliphatic carbocycles. The Bertz CT molecular complexity index is 653. The maximum absolute atomic E-state index is 13.3. The summed E-state index contributed by atoms with van der Waals surface area (Å²) in [5.41, 5.74) is -0.761. The molecule has 1 aromatic carbocycles. The second-order valence-corrected chi connectivity index (χ2v) is 7.79. The van der Waals surface area contributed by atoms with E-state index in [-0.39, 0.29) is 14.6 Å². The van der Waals surface area contributed by atoms with E-state index >= 15 is 0 Å². The fraction of sp³-hybridized carbons (Fsp3) is 0.429. The van der Waals surface area contributed by atoms with Crippen molar-refractivity contribution in [2.75, 3.05) is 4.90 Å². The summed E-state index contributed by atoms with van der Waals surface area (Å²) in [5.74, 6) is -0.536. The SMILES string of the molecule is CCCC1SC=C(C(F)(F)F)N1c1c(Br)cc(OC(F)(F)F)cc1Br. The van der Waals surface area contributed by atoms with Gasteiger partial charge in [0.25, 0.3) is 0 Å². The summed E-state index contributed by atoms with van der Waals surface area (Å²) < 4.78 is 81.1. The minimum Gasteiger partial charge on any atom is -0.406 e. The molecule has 0 radical (unpaired) electrons. The Hall–Kier alpha value is -0.550. The third-order valence-corrected chi connectivity index (χ3v) is 5.50. The van der Waals surface area contributed by atoms with Crippen LogP contribution in [-0.2, 0) is 0 Å². The van der Waals surface area contributed by atoms with Gasteiger partial charge in [0, 0.05) is 14.4 Å². The normalized spacial score (nSPS) is 18.5. The highest BCUT2D eigenvalue weighted by molar-refractivity contribution is 9.11. The Morgan fingerprint density at radius 3 is 2.12 bits per heavy atom. The van der Waals surface area contributed by atoms with Crippen LogP contribution in [0.25, 0.3) is 0 Å². The second kappa shape index (κ2) is 7.59. The molecule has 140 valence electrons. The molecule has 0 spiro atoms. The van der Waals surface area contributed by atoms with Gasteiger partial charge in [-0.05, 0) is 50.4 Å². The average Bonchev–Trinajstić information content (AvgIpc) is 2.80. The molecule has 1 unspecified atom stereocenters. The first-order chi connectivity index (χ1) is 11.4. The van der Waals surface area contributed by atoms with Crippen molar-refractivity contribution in [2.45, 2.75) is 37.7 Å². The van der Waals surface area contributed by atoms with Crippen LogP contribution in [0.1, 0.15) is 19.8 Å². The van der Waals surface area contributed by atoms with Gasteiger partial charge in [0.15, 0.2) is 0 Å². The molecule has 0 bridgehead atoms. The van der Waals surface area contributed by atoms with Gasteiger partial charge in [-0.1, -0.05) is 13.3 Å². The van der Waals surface area contributed by atoms with Crippen molar-refractivity contribution in [1.82, 2.24) is 0 Å². The molecule has 0 saturated carbocycles. The molecule has 11 heteroatoms. The number of benzene rings is 1. The molecular formula is C14H11Br2F6NOS. The molecule has 1 aliphatic heterocycles. The van der Waals surface area contributed by atoms with Gasteiger partial charge in [0.05, 0.1) is 11.1 Å². The molecule has 2 rings (SSSR count). The van der Waals surface area contributed by atoms with Crippen molar-refractivity contribution in [1.29, 1.82) is 0 Å². The van der Waals surface area contributed by atoms with E-state index in [1.54, 1.807) is 0 Å². The Labute approximate surface area is 160 Å². The van der Waals surface area contributed by atoms with Crippen LogP contribution >= 0.6 is 43.6 Å². The molecule has 1 heterocycles. The molecule has 0 fully saturated rings. The predicted molar refractivity (Wildman–Crippen MR) is 91.4 cm³/mol. The predicted octanol–water partition coefficient (Wildman–Crippen LogP) is 7.19. The molecule has 1 atom stereocenters. The van der Waals surface area contributed by atoms with Crippen LogP contribution in [0, 0.1) is 0 Å². The van der Waals surface area contributed by atoms with Crippen molar-refractivity contribution in [3.8, 4) is 5.75 Å². The minimum atomic E-state index is -4.90. The van der Waals surface area contributed by atoms with Gasteiger partial charge >= 0.3 is 12.5 Å². The van der Waals surface area contributed by atoms with Gasteiger partial charge in [-0.3, -0.25) is 0 Å². The van der Waals surface area contributed by atoms with Gasteiger partial charge < -0.3 is 9.64 Å². The number of nitrogens with zero attached hydrogens (tertiary/aromatic N) is 1. The molecule has 0 N–H and O–H groups in total. The molecule has 1 aromatic rings. The van der Waals surface area contributed by atoms with Crippen molar-refractivity contribution >= 4 is 49.3 Å². The zero-order valence-electron chi connectivity index (χ0n) is 12.5. The maximum Gasteiger partial charge on any atom is 0.573 e. The Morgan fingerprint density at radius 1 is 1.12 bits per heavy atom. The first-order valence-corrected chi connectivity index (χ1v) is 9.43. The lowest BCUT2D eigenvalue weighted by molar-refractivity contribution is -0.274. The number of hydrogen-bond acceptors (Lipinski definition) is 3. The van der Waals surface area contributed by atoms with Crippen molar-refractivity contribution in [3.63, 3.8) is 0 Å². The minimum absolute atomic E-state index is 0.0554. The maximum atomic E-state index is 13.3. The van der Waals surface area contributed by atoms with Crippen LogP contribution < -0.4 is 9.64 Å². The first kappa shape index (κ1) is 20.8. The highest BCUT2D eigenvalue weighted by atomic mass is 79.9. The van der Waals surface area contributed by atoms with Crippen LogP contribution in [0.5, 0.6) is 5.75 Å². The Balaban J connectivity index is 2.48. The number of rotatable bonds is 4. The van der Waals surface area contributed by atoms with E-state index in [1.165, 1.54) is 0 Å². The summed E-state index contributed by atoms with van der Waals surface area (Å²) in [6.07, 6.45) is -8.36. The lowest BCUT2D eigenvalue weighted by Gasteiger charge is -2.31. The van der Waals surface area contributed by atoms with Gasteiger partial charge in [0.2, 0.25) is 0 Å². The van der Waals surface area contributed by atoms with Crippen molar-refractivity contribution in [2.24, 2.45) is 0 Å². The van der Waals surface area contributed by atoms with Gasteiger partial charge in [-0.2, -0.15) is 13.2 Å². The van der Waals surface area contributed by atoms with E-state index in [1.807, 2.05) is 6.92 Å². The zero-order valence-corrected chi connectivity index (χ0v) is 16.5. The van der Waals surface area contributed by atoms with E-state index in [0.717, 1.165) is 34.2 Å². The lowest BCUT2D eigenvalue weighted by Crippen LogP contribution is -2.35. The summed E-state index contributed by atoms with van der Waals surface area (Å²) in [5, 5.41) is 0.517. The molecule has 2 nitrogen and oxygen atoms in total. The lowest BCUT2D eigenvalue weighted by atomic mass is 10.2. The van der Waals surface area contributed by atoms with Gasteiger partial charge in [-0.25, -0.2) is 0 Å². The zero-order chi connectivity index (χ0) is 19.0. The average molecular weight is 515 g/mol. The first-order valence-electron chi connectivity index (χ1n) is 6.91. The van der Waals surface area contributed by atoms with Crippen LogP contribution in [0.3, 0.4) is 0 Å². The number of halogens is 8. The van der Waals surface area contributed by atoms with Crippen molar-refractivity contribution in [3.05, 3.63) is 32.2 Å². The summed E-state index contributed by atoms with van der Waals surface area (Å²) in [7, 11) is 0. The van der Waals surface area contributed by atoms with Crippen LogP contribution in [0.4, 0.5) is 32.0 Å². The Morgan fingerprint density at radius 2 is 1.68 bits per heavy atom. The summed E-state index contributed by atoms with van der Waals surface area (Å²) in [4.78, 5) is 1.08. The van der Waals surface area contributed by atoms with Gasteiger partial charge in [-0.15, -0.1) is 24.9 Å². The number of hydrogen-bond donors (Lipinski definition) is 0. The topological polar surface area (TPSA) is 12.5 Å². The highest BCUT2D eigenvalue weighted by Gasteiger charge is 2.45. The second-order valence-electron chi connectivity index (χ2n) is 5.03. The van der Waals surface area contributed by atoms with E-state index in [4.69, 9.17) is 0 Å². The van der Waals surface area contributed by atoms with E-state index in [0.29, 0.717) is 12.8 Å².